The van der Waals surface area contributed by atoms with Crippen molar-refractivity contribution in [3.8, 4) is 17.5 Å². The van der Waals surface area contributed by atoms with Gasteiger partial charge in [-0.1, -0.05) is 42.5 Å². The molecule has 0 atom stereocenters. The van der Waals surface area contributed by atoms with Crippen molar-refractivity contribution in [3.05, 3.63) is 123 Å². The number of aromatic nitrogens is 1. The molecule has 4 aromatic rings. The van der Waals surface area contributed by atoms with E-state index in [1.165, 1.54) is 12.1 Å². The van der Waals surface area contributed by atoms with Crippen LogP contribution >= 0.6 is 0 Å². The number of nitriles is 1. The molecule has 0 aliphatic carbocycles. The first-order valence-corrected chi connectivity index (χ1v) is 10.8. The molecule has 0 fully saturated rings. The molecule has 0 aliphatic rings. The van der Waals surface area contributed by atoms with Crippen molar-refractivity contribution < 1.29 is 9.66 Å². The Morgan fingerprint density at radius 2 is 1.76 bits per heavy atom. The lowest BCUT2D eigenvalue weighted by Gasteiger charge is -2.11. The van der Waals surface area contributed by atoms with Crippen LogP contribution in [-0.2, 0) is 6.61 Å². The summed E-state index contributed by atoms with van der Waals surface area (Å²) >= 11 is 0. The molecule has 0 radical (unpaired) electrons. The lowest BCUT2D eigenvalue weighted by Crippen LogP contribution is -2.00. The third-order valence-electron chi connectivity index (χ3n) is 5.60. The first kappa shape index (κ1) is 22.6. The van der Waals surface area contributed by atoms with Crippen molar-refractivity contribution in [3.63, 3.8) is 0 Å². The van der Waals surface area contributed by atoms with Crippen LogP contribution in [0.15, 0.2) is 84.9 Å². The molecule has 6 heteroatoms. The van der Waals surface area contributed by atoms with Crippen LogP contribution in [0.2, 0.25) is 0 Å². The molecule has 0 bridgehead atoms. The Labute approximate surface area is 198 Å². The van der Waals surface area contributed by atoms with Crippen LogP contribution < -0.4 is 4.74 Å². The number of benzene rings is 3. The van der Waals surface area contributed by atoms with Gasteiger partial charge in [0, 0.05) is 29.2 Å². The van der Waals surface area contributed by atoms with Crippen LogP contribution in [0, 0.1) is 35.3 Å². The van der Waals surface area contributed by atoms with Crippen LogP contribution in [0.5, 0.6) is 5.75 Å². The zero-order chi connectivity index (χ0) is 24.1. The van der Waals surface area contributed by atoms with Crippen LogP contribution in [0.4, 0.5) is 5.69 Å². The minimum absolute atomic E-state index is 0.0429. The number of rotatable bonds is 7. The van der Waals surface area contributed by atoms with Crippen LogP contribution in [0.1, 0.15) is 28.1 Å². The highest BCUT2D eigenvalue weighted by Crippen LogP contribution is 2.27. The highest BCUT2D eigenvalue weighted by Gasteiger charge is 2.13. The van der Waals surface area contributed by atoms with Gasteiger partial charge in [0.1, 0.15) is 12.4 Å². The van der Waals surface area contributed by atoms with Crippen LogP contribution in [-0.4, -0.2) is 9.49 Å². The molecule has 0 unspecified atom stereocenters. The van der Waals surface area contributed by atoms with E-state index in [-0.39, 0.29) is 5.69 Å². The number of hydrogen-bond acceptors (Lipinski definition) is 4. The SMILES string of the molecule is Cc1cc(/C=C(/C#N)c2cccc([N+](=O)[O-])c2)c(C)n1-c1ccc(OCc2ccccc2)cc1. The zero-order valence-corrected chi connectivity index (χ0v) is 18.9. The Morgan fingerprint density at radius 1 is 1.03 bits per heavy atom. The summed E-state index contributed by atoms with van der Waals surface area (Å²) in [4.78, 5) is 10.6. The van der Waals surface area contributed by atoms with Gasteiger partial charge < -0.3 is 9.30 Å². The summed E-state index contributed by atoms with van der Waals surface area (Å²) in [6, 6.07) is 28.2. The first-order valence-electron chi connectivity index (χ1n) is 10.8. The third kappa shape index (κ3) is 4.89. The second kappa shape index (κ2) is 9.88. The first-order chi connectivity index (χ1) is 16.5. The molecule has 0 aliphatic heterocycles. The van der Waals surface area contributed by atoms with Crippen molar-refractivity contribution in [1.29, 1.82) is 5.26 Å². The maximum Gasteiger partial charge on any atom is 0.270 e. The number of hydrogen-bond donors (Lipinski definition) is 0. The monoisotopic (exact) mass is 449 g/mol. The number of nitrogens with zero attached hydrogens (tertiary/aromatic N) is 3. The van der Waals surface area contributed by atoms with Gasteiger partial charge in [-0.3, -0.25) is 10.1 Å². The summed E-state index contributed by atoms with van der Waals surface area (Å²) in [7, 11) is 0. The summed E-state index contributed by atoms with van der Waals surface area (Å²) in [5.41, 5.74) is 5.79. The van der Waals surface area contributed by atoms with E-state index in [2.05, 4.69) is 10.6 Å². The Bertz CT molecular complexity index is 1400. The van der Waals surface area contributed by atoms with Gasteiger partial charge in [-0.05, 0) is 66.9 Å². The zero-order valence-electron chi connectivity index (χ0n) is 18.9. The lowest BCUT2D eigenvalue weighted by atomic mass is 10.0. The van der Waals surface area contributed by atoms with E-state index >= 15 is 0 Å². The van der Waals surface area contributed by atoms with E-state index in [0.29, 0.717) is 17.7 Å². The van der Waals surface area contributed by atoms with Gasteiger partial charge in [-0.15, -0.1) is 0 Å². The number of non-ortho nitro benzene ring substituents is 1. The lowest BCUT2D eigenvalue weighted by molar-refractivity contribution is -0.384. The van der Waals surface area contributed by atoms with Gasteiger partial charge in [0.25, 0.3) is 5.69 Å². The molecule has 3 aromatic carbocycles. The highest BCUT2D eigenvalue weighted by atomic mass is 16.6. The van der Waals surface area contributed by atoms with Gasteiger partial charge in [0.15, 0.2) is 0 Å². The number of nitro groups is 1. The number of ether oxygens (including phenoxy) is 1. The molecule has 168 valence electrons. The Morgan fingerprint density at radius 3 is 2.44 bits per heavy atom. The average molecular weight is 450 g/mol. The minimum atomic E-state index is -0.461. The van der Waals surface area contributed by atoms with E-state index in [4.69, 9.17) is 4.74 Å². The molecule has 0 amide bonds. The number of nitro benzene ring substituents is 1. The molecule has 34 heavy (non-hydrogen) atoms. The van der Waals surface area contributed by atoms with Crippen LogP contribution in [0.3, 0.4) is 0 Å². The summed E-state index contributed by atoms with van der Waals surface area (Å²) in [6.07, 6.45) is 1.77. The van der Waals surface area contributed by atoms with Gasteiger partial charge in [0.2, 0.25) is 0 Å². The molecule has 6 nitrogen and oxygen atoms in total. The molecule has 0 saturated carbocycles. The van der Waals surface area contributed by atoms with Gasteiger partial charge in [-0.25, -0.2) is 0 Å². The van der Waals surface area contributed by atoms with Crippen molar-refractivity contribution in [2.45, 2.75) is 20.5 Å². The molecular formula is C28H23N3O3. The van der Waals surface area contributed by atoms with Gasteiger partial charge in [-0.2, -0.15) is 5.26 Å². The average Bonchev–Trinajstić information content (AvgIpc) is 3.14. The summed E-state index contributed by atoms with van der Waals surface area (Å²) < 4.78 is 7.99. The van der Waals surface area contributed by atoms with E-state index in [9.17, 15) is 15.4 Å². The maximum atomic E-state index is 11.1. The minimum Gasteiger partial charge on any atom is -0.489 e. The van der Waals surface area contributed by atoms with Gasteiger partial charge >= 0.3 is 0 Å². The Balaban J connectivity index is 1.59. The largest absolute Gasteiger partial charge is 0.489 e. The molecule has 1 heterocycles. The molecule has 0 N–H and O–H groups in total. The van der Waals surface area contributed by atoms with Crippen LogP contribution in [0.25, 0.3) is 17.3 Å². The van der Waals surface area contributed by atoms with E-state index in [1.807, 2.05) is 74.5 Å². The van der Waals surface area contributed by atoms with Crippen molar-refractivity contribution >= 4 is 17.3 Å². The fraction of sp³-hybridized carbons (Fsp3) is 0.107. The predicted molar refractivity (Wildman–Crippen MR) is 133 cm³/mol. The Kier molecular flexibility index (Phi) is 6.56. The van der Waals surface area contributed by atoms with Crippen molar-refractivity contribution in [1.82, 2.24) is 4.57 Å². The summed E-state index contributed by atoms with van der Waals surface area (Å²) in [5, 5.41) is 20.8. The van der Waals surface area contributed by atoms with E-state index < -0.39 is 4.92 Å². The fourth-order valence-corrected chi connectivity index (χ4v) is 3.89. The second-order valence-corrected chi connectivity index (χ2v) is 7.91. The van der Waals surface area contributed by atoms with Crippen molar-refractivity contribution in [2.75, 3.05) is 0 Å². The topological polar surface area (TPSA) is 81.1 Å². The fourth-order valence-electron chi connectivity index (χ4n) is 3.89. The smallest absolute Gasteiger partial charge is 0.270 e. The number of allylic oxidation sites excluding steroid dienone is 1. The third-order valence-corrected chi connectivity index (χ3v) is 5.60. The maximum absolute atomic E-state index is 11.1. The van der Waals surface area contributed by atoms with Crippen molar-refractivity contribution in [2.24, 2.45) is 0 Å². The molecule has 0 saturated heterocycles. The molecular weight excluding hydrogens is 426 g/mol. The quantitative estimate of drug-likeness (QED) is 0.180. The molecule has 4 rings (SSSR count). The predicted octanol–water partition coefficient (Wildman–Crippen LogP) is 6.65. The normalized spacial score (nSPS) is 11.1. The number of aryl methyl sites for hydroxylation is 1. The highest BCUT2D eigenvalue weighted by molar-refractivity contribution is 5.90. The standard InChI is InChI=1S/C28H23N3O3/c1-20-15-24(16-25(18-29)23-9-6-10-27(17-23)31(32)33)21(2)30(20)26-11-13-28(14-12-26)34-19-22-7-4-3-5-8-22/h3-17H,19H2,1-2H3/b25-16-. The molecule has 0 spiro atoms. The summed E-state index contributed by atoms with van der Waals surface area (Å²) in [5.74, 6) is 0.785. The van der Waals surface area contributed by atoms with E-state index in [0.717, 1.165) is 34.0 Å². The van der Waals surface area contributed by atoms with Gasteiger partial charge in [0.05, 0.1) is 16.6 Å². The molecule has 1 aromatic heterocycles. The van der Waals surface area contributed by atoms with E-state index in [1.54, 1.807) is 18.2 Å². The second-order valence-electron chi connectivity index (χ2n) is 7.91. The summed E-state index contributed by atoms with van der Waals surface area (Å²) in [6.45, 7) is 4.50. The Hall–Kier alpha value is -4.63.